The summed E-state index contributed by atoms with van der Waals surface area (Å²) in [6.07, 6.45) is 5.44. The van der Waals surface area contributed by atoms with Gasteiger partial charge in [0.2, 0.25) is 5.91 Å². The number of hydrogen-bond donors (Lipinski definition) is 0. The minimum absolute atomic E-state index is 0.0363. The van der Waals surface area contributed by atoms with Gasteiger partial charge in [-0.15, -0.1) is 0 Å². The predicted octanol–water partition coefficient (Wildman–Crippen LogP) is 1.01. The predicted molar refractivity (Wildman–Crippen MR) is 88.4 cm³/mol. The van der Waals surface area contributed by atoms with Gasteiger partial charge in [-0.05, 0) is 18.9 Å². The summed E-state index contributed by atoms with van der Waals surface area (Å²) in [5.74, 6) is 1.31. The smallest absolute Gasteiger partial charge is 0.228 e. The van der Waals surface area contributed by atoms with E-state index in [-0.39, 0.29) is 11.8 Å². The molecule has 2 aliphatic rings. The number of aryl methyl sites for hydroxylation is 2. The fourth-order valence-corrected chi connectivity index (χ4v) is 3.74. The van der Waals surface area contributed by atoms with Gasteiger partial charge in [0.15, 0.2) is 0 Å². The van der Waals surface area contributed by atoms with Gasteiger partial charge in [-0.3, -0.25) is 9.48 Å². The standard InChI is InChI=1S/C17H23N5O2/c1-12-9-19-20(2)16(12)14-10-18-15-3-5-21(6-7-22(14)15)17(23)13-4-8-24-11-13/h9-10,13H,3-8,11H2,1-2H3/t13-/m0/s1. The second-order valence-corrected chi connectivity index (χ2v) is 6.65. The first-order valence-electron chi connectivity index (χ1n) is 8.55. The fourth-order valence-electron chi connectivity index (χ4n) is 3.74. The molecule has 0 radical (unpaired) electrons. The van der Waals surface area contributed by atoms with Crippen molar-refractivity contribution in [3.05, 3.63) is 23.8 Å². The van der Waals surface area contributed by atoms with Crippen molar-refractivity contribution in [1.29, 1.82) is 0 Å². The maximum Gasteiger partial charge on any atom is 0.228 e. The largest absolute Gasteiger partial charge is 0.381 e. The summed E-state index contributed by atoms with van der Waals surface area (Å²) >= 11 is 0. The lowest BCUT2D eigenvalue weighted by Crippen LogP contribution is -2.38. The average molecular weight is 329 g/mol. The molecule has 1 fully saturated rings. The lowest BCUT2D eigenvalue weighted by Gasteiger charge is -2.23. The van der Waals surface area contributed by atoms with Crippen LogP contribution in [0.5, 0.6) is 0 Å². The van der Waals surface area contributed by atoms with E-state index >= 15 is 0 Å². The first kappa shape index (κ1) is 15.4. The Morgan fingerprint density at radius 3 is 2.88 bits per heavy atom. The van der Waals surface area contributed by atoms with E-state index in [1.165, 1.54) is 0 Å². The van der Waals surface area contributed by atoms with Gasteiger partial charge in [0.25, 0.3) is 0 Å². The molecular formula is C17H23N5O2. The molecule has 0 aliphatic carbocycles. The summed E-state index contributed by atoms with van der Waals surface area (Å²) in [7, 11) is 1.95. The fraction of sp³-hybridized carbons (Fsp3) is 0.588. The number of rotatable bonds is 2. The summed E-state index contributed by atoms with van der Waals surface area (Å²) in [5, 5.41) is 4.34. The van der Waals surface area contributed by atoms with Crippen LogP contribution in [0.25, 0.3) is 11.4 Å². The molecule has 4 heterocycles. The zero-order valence-electron chi connectivity index (χ0n) is 14.2. The number of fused-ring (bicyclic) bond motifs is 1. The van der Waals surface area contributed by atoms with E-state index in [4.69, 9.17) is 4.74 Å². The van der Waals surface area contributed by atoms with Crippen molar-refractivity contribution in [1.82, 2.24) is 24.2 Å². The number of nitrogens with zero attached hydrogens (tertiary/aromatic N) is 5. The van der Waals surface area contributed by atoms with E-state index in [2.05, 4.69) is 21.6 Å². The lowest BCUT2D eigenvalue weighted by atomic mass is 10.1. The van der Waals surface area contributed by atoms with Crippen LogP contribution < -0.4 is 0 Å². The molecule has 0 unspecified atom stereocenters. The Balaban J connectivity index is 1.57. The highest BCUT2D eigenvalue weighted by Gasteiger charge is 2.30. The molecule has 1 amide bonds. The number of carbonyl (C=O) groups is 1. The SMILES string of the molecule is Cc1cnn(C)c1-c1cnc2n1CCN(C(=O)[C@H]1CCOC1)CC2. The van der Waals surface area contributed by atoms with Crippen LogP contribution in [0.2, 0.25) is 0 Å². The molecule has 4 rings (SSSR count). The van der Waals surface area contributed by atoms with Crippen LogP contribution in [0.4, 0.5) is 0 Å². The van der Waals surface area contributed by atoms with Crippen LogP contribution in [0.3, 0.4) is 0 Å². The molecule has 2 aromatic heterocycles. The third-order valence-electron chi connectivity index (χ3n) is 5.09. The molecule has 2 aromatic rings. The summed E-state index contributed by atoms with van der Waals surface area (Å²) < 4.78 is 9.50. The third kappa shape index (κ3) is 2.53. The Morgan fingerprint density at radius 2 is 2.17 bits per heavy atom. The lowest BCUT2D eigenvalue weighted by molar-refractivity contribution is -0.135. The first-order chi connectivity index (χ1) is 11.6. The van der Waals surface area contributed by atoms with E-state index in [1.807, 2.05) is 29.0 Å². The van der Waals surface area contributed by atoms with Crippen LogP contribution in [0, 0.1) is 12.8 Å². The van der Waals surface area contributed by atoms with E-state index in [0.29, 0.717) is 13.2 Å². The Hall–Kier alpha value is -2.15. The van der Waals surface area contributed by atoms with Crippen molar-refractivity contribution in [2.45, 2.75) is 26.3 Å². The number of carbonyl (C=O) groups excluding carboxylic acids is 1. The van der Waals surface area contributed by atoms with E-state index in [0.717, 1.165) is 55.3 Å². The molecule has 7 heteroatoms. The van der Waals surface area contributed by atoms with E-state index in [1.54, 1.807) is 0 Å². The second kappa shape index (κ2) is 6.05. The Bertz CT molecular complexity index is 738. The number of amides is 1. The van der Waals surface area contributed by atoms with Crippen LogP contribution >= 0.6 is 0 Å². The van der Waals surface area contributed by atoms with Gasteiger partial charge in [0.1, 0.15) is 5.82 Å². The first-order valence-corrected chi connectivity index (χ1v) is 8.55. The molecule has 1 saturated heterocycles. The highest BCUT2D eigenvalue weighted by molar-refractivity contribution is 5.79. The Kier molecular flexibility index (Phi) is 3.88. The number of imidazole rings is 1. The molecule has 0 aromatic carbocycles. The van der Waals surface area contributed by atoms with Crippen LogP contribution in [0.1, 0.15) is 17.8 Å². The topological polar surface area (TPSA) is 65.2 Å². The maximum atomic E-state index is 12.7. The van der Waals surface area contributed by atoms with Crippen LogP contribution in [-0.2, 0) is 29.5 Å². The van der Waals surface area contributed by atoms with E-state index < -0.39 is 0 Å². The zero-order valence-corrected chi connectivity index (χ0v) is 14.2. The van der Waals surface area contributed by atoms with Crippen molar-refractivity contribution >= 4 is 5.91 Å². The van der Waals surface area contributed by atoms with Gasteiger partial charge in [0, 0.05) is 39.7 Å². The molecule has 0 spiro atoms. The average Bonchev–Trinajstić information content (AvgIpc) is 3.26. The molecule has 0 saturated carbocycles. The molecule has 24 heavy (non-hydrogen) atoms. The third-order valence-corrected chi connectivity index (χ3v) is 5.09. The van der Waals surface area contributed by atoms with Crippen molar-refractivity contribution in [2.24, 2.45) is 13.0 Å². The molecule has 0 N–H and O–H groups in total. The quantitative estimate of drug-likeness (QED) is 0.825. The van der Waals surface area contributed by atoms with Gasteiger partial charge >= 0.3 is 0 Å². The zero-order chi connectivity index (χ0) is 16.7. The van der Waals surface area contributed by atoms with Gasteiger partial charge < -0.3 is 14.2 Å². The molecule has 1 atom stereocenters. The van der Waals surface area contributed by atoms with Crippen LogP contribution in [0.15, 0.2) is 12.4 Å². The summed E-state index contributed by atoms with van der Waals surface area (Å²) in [4.78, 5) is 19.2. The molecule has 7 nitrogen and oxygen atoms in total. The monoisotopic (exact) mass is 329 g/mol. The normalized spacial score (nSPS) is 20.9. The van der Waals surface area contributed by atoms with Crippen molar-refractivity contribution in [2.75, 3.05) is 26.3 Å². The summed E-state index contributed by atoms with van der Waals surface area (Å²) in [6.45, 7) is 5.57. The minimum Gasteiger partial charge on any atom is -0.381 e. The molecular weight excluding hydrogens is 306 g/mol. The molecule has 128 valence electrons. The van der Waals surface area contributed by atoms with Crippen molar-refractivity contribution in [3.8, 4) is 11.4 Å². The highest BCUT2D eigenvalue weighted by atomic mass is 16.5. The minimum atomic E-state index is 0.0363. The van der Waals surface area contributed by atoms with Gasteiger partial charge in [-0.1, -0.05) is 0 Å². The number of ether oxygens (including phenoxy) is 1. The van der Waals surface area contributed by atoms with Gasteiger partial charge in [-0.25, -0.2) is 4.98 Å². The van der Waals surface area contributed by atoms with Crippen molar-refractivity contribution in [3.63, 3.8) is 0 Å². The Labute approximate surface area is 141 Å². The molecule has 0 bridgehead atoms. The molecule has 2 aliphatic heterocycles. The second-order valence-electron chi connectivity index (χ2n) is 6.65. The maximum absolute atomic E-state index is 12.7. The number of hydrogen-bond acceptors (Lipinski definition) is 4. The number of aromatic nitrogens is 4. The summed E-state index contributed by atoms with van der Waals surface area (Å²) in [5.41, 5.74) is 3.32. The van der Waals surface area contributed by atoms with E-state index in [9.17, 15) is 4.79 Å². The van der Waals surface area contributed by atoms with Crippen molar-refractivity contribution < 1.29 is 9.53 Å². The van der Waals surface area contributed by atoms with Gasteiger partial charge in [0.05, 0.1) is 36.3 Å². The highest BCUT2D eigenvalue weighted by Crippen LogP contribution is 2.26. The summed E-state index contributed by atoms with van der Waals surface area (Å²) in [6, 6.07) is 0. The van der Waals surface area contributed by atoms with Gasteiger partial charge in [-0.2, -0.15) is 5.10 Å². The Morgan fingerprint density at radius 1 is 1.29 bits per heavy atom. The van der Waals surface area contributed by atoms with Crippen LogP contribution in [-0.4, -0.2) is 56.4 Å².